The van der Waals surface area contributed by atoms with Gasteiger partial charge in [-0.2, -0.15) is 0 Å². The smallest absolute Gasteiger partial charge is 0.412 e. The minimum Gasteiger partial charge on any atom is -0.465 e. The average Bonchev–Trinajstić information content (AvgIpc) is 2.33. The second-order valence-electron chi connectivity index (χ2n) is 5.83. The van der Waals surface area contributed by atoms with Crippen LogP contribution in [0, 0.1) is 6.92 Å². The molecule has 1 aromatic carbocycles. The number of aromatic nitrogens is 1. The molecule has 1 N–H and O–H groups in total. The molecule has 6 heteroatoms. The summed E-state index contributed by atoms with van der Waals surface area (Å²) < 4.78 is 0. The fourth-order valence-corrected chi connectivity index (χ4v) is 2.64. The summed E-state index contributed by atoms with van der Waals surface area (Å²) in [5, 5.41) is 10.9. The Labute approximate surface area is 133 Å². The number of hydrogen-bond acceptors (Lipinski definition) is 2. The number of rotatable bonds is 1. The molecule has 1 amide bonds. The quantitative estimate of drug-likeness (QED) is 0.789. The molecule has 1 aromatic heterocycles. The van der Waals surface area contributed by atoms with Gasteiger partial charge < -0.3 is 5.11 Å². The first-order valence-corrected chi connectivity index (χ1v) is 7.17. The molecule has 2 rings (SSSR count). The fraction of sp³-hybridized carbons (Fsp3) is 0.333. The van der Waals surface area contributed by atoms with Crippen LogP contribution in [0.2, 0.25) is 10.0 Å². The first kappa shape index (κ1) is 15.9. The van der Waals surface area contributed by atoms with Gasteiger partial charge >= 0.3 is 6.09 Å². The van der Waals surface area contributed by atoms with E-state index in [-0.39, 0.29) is 0 Å². The summed E-state index contributed by atoms with van der Waals surface area (Å²) in [5.41, 5.74) is 1.10. The number of benzene rings is 1. The summed E-state index contributed by atoms with van der Waals surface area (Å²) in [6.45, 7) is 7.27. The maximum Gasteiger partial charge on any atom is 0.412 e. The largest absolute Gasteiger partial charge is 0.465 e. The second-order valence-corrected chi connectivity index (χ2v) is 6.61. The molecule has 0 fully saturated rings. The van der Waals surface area contributed by atoms with Crippen LogP contribution in [-0.4, -0.2) is 21.7 Å². The molecule has 0 saturated heterocycles. The van der Waals surface area contributed by atoms with Gasteiger partial charge in [0.1, 0.15) is 0 Å². The maximum atomic E-state index is 11.7. The normalized spacial score (nSPS) is 11.7. The Balaban J connectivity index is 2.88. The van der Waals surface area contributed by atoms with E-state index in [9.17, 15) is 9.90 Å². The Morgan fingerprint density at radius 1 is 1.29 bits per heavy atom. The predicted molar refractivity (Wildman–Crippen MR) is 86.8 cm³/mol. The molecule has 0 bridgehead atoms. The third-order valence-electron chi connectivity index (χ3n) is 3.09. The van der Waals surface area contributed by atoms with E-state index in [4.69, 9.17) is 23.2 Å². The number of halogens is 2. The molecule has 0 aliphatic rings. The van der Waals surface area contributed by atoms with E-state index in [0.29, 0.717) is 26.6 Å². The molecule has 2 aromatic rings. The highest BCUT2D eigenvalue weighted by Gasteiger charge is 2.30. The van der Waals surface area contributed by atoms with Crippen LogP contribution in [0.25, 0.3) is 10.9 Å². The molecule has 1 heterocycles. The third kappa shape index (κ3) is 2.92. The number of amides is 1. The van der Waals surface area contributed by atoms with E-state index in [2.05, 4.69) is 4.98 Å². The maximum absolute atomic E-state index is 11.7. The van der Waals surface area contributed by atoms with Crippen molar-refractivity contribution in [1.29, 1.82) is 0 Å². The van der Waals surface area contributed by atoms with Crippen LogP contribution in [-0.2, 0) is 0 Å². The Morgan fingerprint density at radius 3 is 2.43 bits per heavy atom. The topological polar surface area (TPSA) is 53.4 Å². The highest BCUT2D eigenvalue weighted by molar-refractivity contribution is 6.45. The lowest BCUT2D eigenvalue weighted by Gasteiger charge is -2.33. The average molecular weight is 327 g/mol. The first-order chi connectivity index (χ1) is 9.62. The zero-order valence-corrected chi connectivity index (χ0v) is 13.7. The van der Waals surface area contributed by atoms with Crippen molar-refractivity contribution >= 4 is 45.9 Å². The van der Waals surface area contributed by atoms with Crippen LogP contribution in [0.1, 0.15) is 26.5 Å². The van der Waals surface area contributed by atoms with Gasteiger partial charge in [0, 0.05) is 16.6 Å². The number of pyridine rings is 1. The molecule has 0 spiro atoms. The van der Waals surface area contributed by atoms with Crippen molar-refractivity contribution in [1.82, 2.24) is 4.98 Å². The monoisotopic (exact) mass is 326 g/mol. The molecule has 0 radical (unpaired) electrons. The molecule has 0 aliphatic carbocycles. The zero-order chi connectivity index (χ0) is 15.9. The summed E-state index contributed by atoms with van der Waals surface area (Å²) in [7, 11) is 0. The third-order valence-corrected chi connectivity index (χ3v) is 3.89. The van der Waals surface area contributed by atoms with Gasteiger partial charge in [-0.05, 0) is 45.9 Å². The van der Waals surface area contributed by atoms with E-state index < -0.39 is 11.6 Å². The first-order valence-electron chi connectivity index (χ1n) is 6.41. The van der Waals surface area contributed by atoms with E-state index >= 15 is 0 Å². The molecular formula is C15H16Cl2N2O2. The summed E-state index contributed by atoms with van der Waals surface area (Å²) in [5.74, 6) is 0. The van der Waals surface area contributed by atoms with Crippen LogP contribution in [0.5, 0.6) is 0 Å². The van der Waals surface area contributed by atoms with Gasteiger partial charge in [-0.1, -0.05) is 23.2 Å². The number of hydrogen-bond donors (Lipinski definition) is 1. The molecule has 0 unspecified atom stereocenters. The van der Waals surface area contributed by atoms with Crippen LogP contribution in [0.15, 0.2) is 18.2 Å². The van der Waals surface area contributed by atoms with Crippen LogP contribution in [0.3, 0.4) is 0 Å². The van der Waals surface area contributed by atoms with Gasteiger partial charge in [-0.15, -0.1) is 0 Å². The predicted octanol–water partition coefficient (Wildman–Crippen LogP) is 5.13. The van der Waals surface area contributed by atoms with E-state index in [1.807, 2.05) is 33.8 Å². The zero-order valence-electron chi connectivity index (χ0n) is 12.2. The van der Waals surface area contributed by atoms with Gasteiger partial charge in [0.05, 0.1) is 21.2 Å². The summed E-state index contributed by atoms with van der Waals surface area (Å²) in [4.78, 5) is 17.4. The Bertz CT molecular complexity index is 724. The summed E-state index contributed by atoms with van der Waals surface area (Å²) in [6.07, 6.45) is -1.06. The lowest BCUT2D eigenvalue weighted by Crippen LogP contribution is -2.45. The van der Waals surface area contributed by atoms with Crippen molar-refractivity contribution in [2.75, 3.05) is 4.90 Å². The Morgan fingerprint density at radius 2 is 1.90 bits per heavy atom. The second kappa shape index (κ2) is 5.35. The summed E-state index contributed by atoms with van der Waals surface area (Å²) >= 11 is 12.4. The molecular weight excluding hydrogens is 311 g/mol. The van der Waals surface area contributed by atoms with Crippen LogP contribution in [0.4, 0.5) is 10.5 Å². The fourth-order valence-electron chi connectivity index (χ4n) is 2.23. The Kier molecular flexibility index (Phi) is 4.04. The highest BCUT2D eigenvalue weighted by Crippen LogP contribution is 2.39. The number of nitrogens with zero attached hydrogens (tertiary/aromatic N) is 2. The van der Waals surface area contributed by atoms with Gasteiger partial charge in [0.25, 0.3) is 0 Å². The number of fused-ring (bicyclic) bond motifs is 1. The number of carboxylic acid groups (broad SMARTS) is 1. The Hall–Kier alpha value is -1.52. The number of aryl methyl sites for hydroxylation is 1. The van der Waals surface area contributed by atoms with Crippen molar-refractivity contribution in [3.63, 3.8) is 0 Å². The van der Waals surface area contributed by atoms with Crippen LogP contribution >= 0.6 is 23.2 Å². The minimum atomic E-state index is -1.06. The number of anilines is 1. The molecule has 21 heavy (non-hydrogen) atoms. The van der Waals surface area contributed by atoms with Crippen molar-refractivity contribution in [2.24, 2.45) is 0 Å². The lowest BCUT2D eigenvalue weighted by molar-refractivity contribution is 0.195. The molecule has 0 aliphatic heterocycles. The molecule has 0 saturated carbocycles. The molecule has 0 atom stereocenters. The lowest BCUT2D eigenvalue weighted by atomic mass is 10.0. The van der Waals surface area contributed by atoms with Crippen molar-refractivity contribution in [3.8, 4) is 0 Å². The highest BCUT2D eigenvalue weighted by atomic mass is 35.5. The minimum absolute atomic E-state index is 0.306. The standard InChI is InChI=1S/C15H16Cl2N2O2/c1-8-5-6-9-12(17)10(16)7-11(13(9)18-8)19(14(20)21)15(2,3)4/h5-7H,1-4H3,(H,20,21). The van der Waals surface area contributed by atoms with Gasteiger partial charge in [0.15, 0.2) is 0 Å². The van der Waals surface area contributed by atoms with E-state index in [1.54, 1.807) is 12.1 Å². The van der Waals surface area contributed by atoms with Crippen molar-refractivity contribution in [2.45, 2.75) is 33.2 Å². The van der Waals surface area contributed by atoms with Gasteiger partial charge in [-0.3, -0.25) is 9.88 Å². The van der Waals surface area contributed by atoms with Gasteiger partial charge in [0.2, 0.25) is 0 Å². The molecule has 112 valence electrons. The van der Waals surface area contributed by atoms with Crippen LogP contribution < -0.4 is 4.90 Å². The van der Waals surface area contributed by atoms with E-state index in [0.717, 1.165) is 5.69 Å². The number of carbonyl (C=O) groups is 1. The molecule has 4 nitrogen and oxygen atoms in total. The summed E-state index contributed by atoms with van der Waals surface area (Å²) in [6, 6.07) is 5.17. The SMILES string of the molecule is Cc1ccc2c(Cl)c(Cl)cc(N(C(=O)O)C(C)(C)C)c2n1. The van der Waals surface area contributed by atoms with Crippen molar-refractivity contribution in [3.05, 3.63) is 33.9 Å². The van der Waals surface area contributed by atoms with Gasteiger partial charge in [-0.25, -0.2) is 4.79 Å². The van der Waals surface area contributed by atoms with E-state index in [1.165, 1.54) is 4.90 Å². The van der Waals surface area contributed by atoms with Crippen molar-refractivity contribution < 1.29 is 9.90 Å².